The number of anilines is 1. The maximum atomic E-state index is 12.4. The van der Waals surface area contributed by atoms with Crippen LogP contribution in [0.25, 0.3) is 11.1 Å². The van der Waals surface area contributed by atoms with Crippen LogP contribution in [0, 0.1) is 5.92 Å². The van der Waals surface area contributed by atoms with Crippen molar-refractivity contribution in [2.24, 2.45) is 17.5 Å². The molecule has 0 radical (unpaired) electrons. The number of esters is 2. The first-order chi connectivity index (χ1) is 18.0. The molecule has 4 rings (SSSR count). The molecule has 2 fully saturated rings. The van der Waals surface area contributed by atoms with Crippen LogP contribution in [0.15, 0.2) is 64.2 Å². The van der Waals surface area contributed by atoms with Gasteiger partial charge in [0.25, 0.3) is 0 Å². The number of carbonyl (C=O) groups excluding carboxylic acids is 2. The summed E-state index contributed by atoms with van der Waals surface area (Å²) in [5.41, 5.74) is 11.9. The van der Waals surface area contributed by atoms with Crippen LogP contribution in [0.1, 0.15) is 51.4 Å². The van der Waals surface area contributed by atoms with Crippen LogP contribution < -0.4 is 21.9 Å². The molecule has 1 aliphatic heterocycles. The van der Waals surface area contributed by atoms with Crippen molar-refractivity contribution in [1.29, 1.82) is 0 Å². The summed E-state index contributed by atoms with van der Waals surface area (Å²) in [7, 11) is 0. The number of hydrogen-bond donors (Lipinski definition) is 3. The molecule has 5 N–H and O–H groups in total. The summed E-state index contributed by atoms with van der Waals surface area (Å²) in [6.07, 6.45) is 8.63. The lowest BCUT2D eigenvalue weighted by molar-refractivity contribution is -0.168. The van der Waals surface area contributed by atoms with E-state index >= 15 is 0 Å². The van der Waals surface area contributed by atoms with Crippen LogP contribution in [0.2, 0.25) is 0 Å². The van der Waals surface area contributed by atoms with Crippen molar-refractivity contribution < 1.29 is 19.1 Å². The smallest absolute Gasteiger partial charge is 0.361 e. The largest absolute Gasteiger partial charge is 0.428 e. The highest BCUT2D eigenvalue weighted by Gasteiger charge is 2.23. The third-order valence-electron chi connectivity index (χ3n) is 6.93. The Bertz CT molecular complexity index is 1080. The molecule has 9 heteroatoms. The monoisotopic (exact) mass is 524 g/mol. The molecule has 0 atom stereocenters. The van der Waals surface area contributed by atoms with Gasteiger partial charge in [0.2, 0.25) is 6.79 Å². The van der Waals surface area contributed by atoms with Gasteiger partial charge in [0.1, 0.15) is 5.03 Å². The number of hydrogen-bond acceptors (Lipinski definition) is 9. The summed E-state index contributed by atoms with van der Waals surface area (Å²) in [5.74, 6) is 4.30. The Morgan fingerprint density at radius 2 is 1.46 bits per heavy atom. The van der Waals surface area contributed by atoms with Gasteiger partial charge in [-0.2, -0.15) is 0 Å². The zero-order valence-electron chi connectivity index (χ0n) is 21.1. The fraction of sp³-hybridized carbons (Fsp3) is 0.429. The van der Waals surface area contributed by atoms with Crippen molar-refractivity contribution in [1.82, 2.24) is 5.43 Å². The van der Waals surface area contributed by atoms with Crippen LogP contribution in [0.4, 0.5) is 5.69 Å². The van der Waals surface area contributed by atoms with Gasteiger partial charge in [-0.15, -0.1) is 0 Å². The number of rotatable bonds is 9. The highest BCUT2D eigenvalue weighted by Crippen LogP contribution is 2.30. The quantitative estimate of drug-likeness (QED) is 0.107. The Balaban J connectivity index is 1.30. The summed E-state index contributed by atoms with van der Waals surface area (Å²) >= 11 is 1.19. The number of thioether (sulfide) groups is 1. The molecule has 1 aliphatic carbocycles. The first-order valence-corrected chi connectivity index (χ1v) is 13.8. The van der Waals surface area contributed by atoms with Gasteiger partial charge in [0, 0.05) is 23.7 Å². The summed E-state index contributed by atoms with van der Waals surface area (Å²) in [6, 6.07) is 16.6. The molecule has 198 valence electrons. The first kappa shape index (κ1) is 26.9. The molecular weight excluding hydrogens is 488 g/mol. The van der Waals surface area contributed by atoms with Gasteiger partial charge >= 0.3 is 11.9 Å². The zero-order valence-corrected chi connectivity index (χ0v) is 21.9. The predicted octanol–water partition coefficient (Wildman–Crippen LogP) is 4.65. The summed E-state index contributed by atoms with van der Waals surface area (Å²) < 4.78 is 10.2. The zero-order chi connectivity index (χ0) is 26.0. The number of piperidine rings is 1. The van der Waals surface area contributed by atoms with Gasteiger partial charge in [0.15, 0.2) is 5.70 Å². The molecule has 2 aromatic carbocycles. The SMILES string of the molecule is NN/C(C(=O)OCOC(=O)C1CCCCC1)=C(\N)Sc1ccc(-c2ccc(N3CCCCC3)cc2)cc1. The molecule has 2 aliphatic rings. The predicted molar refractivity (Wildman–Crippen MR) is 146 cm³/mol. The van der Waals surface area contributed by atoms with Crippen molar-refractivity contribution in [3.05, 3.63) is 59.3 Å². The minimum absolute atomic E-state index is 0.0870. The standard InChI is InChI=1S/C28H36N4O4S/c29-26(25(31-30)28(34)36-19-35-27(33)22-7-3-1-4-8-22)37-24-15-11-21(12-16-24)20-9-13-23(14-10-20)32-17-5-2-6-18-32/h9-16,22,31H,1-8,17-19,29-30H2/b26-25+. The molecule has 0 unspecified atom stereocenters. The van der Waals surface area contributed by atoms with Gasteiger partial charge in [-0.3, -0.25) is 10.6 Å². The third kappa shape index (κ3) is 7.42. The van der Waals surface area contributed by atoms with E-state index in [-0.39, 0.29) is 22.6 Å². The van der Waals surface area contributed by atoms with Crippen molar-refractivity contribution >= 4 is 29.4 Å². The number of nitrogens with one attached hydrogen (secondary N) is 1. The van der Waals surface area contributed by atoms with E-state index in [1.165, 1.54) is 36.7 Å². The number of ether oxygens (including phenoxy) is 2. The Labute approximate surface area is 222 Å². The number of nitrogens with two attached hydrogens (primary N) is 2. The van der Waals surface area contributed by atoms with Gasteiger partial charge in [0.05, 0.1) is 5.92 Å². The van der Waals surface area contributed by atoms with Crippen LogP contribution >= 0.6 is 11.8 Å². The molecule has 1 saturated heterocycles. The number of hydrazine groups is 1. The Hall–Kier alpha value is -3.17. The molecule has 0 aromatic heterocycles. The normalized spacial score (nSPS) is 17.1. The van der Waals surface area contributed by atoms with Crippen molar-refractivity contribution in [2.45, 2.75) is 56.3 Å². The fourth-order valence-corrected chi connectivity index (χ4v) is 5.58. The molecule has 2 aromatic rings. The highest BCUT2D eigenvalue weighted by molar-refractivity contribution is 8.03. The van der Waals surface area contributed by atoms with E-state index < -0.39 is 12.8 Å². The molecule has 37 heavy (non-hydrogen) atoms. The second-order valence-corrected chi connectivity index (χ2v) is 10.6. The van der Waals surface area contributed by atoms with Gasteiger partial charge < -0.3 is 25.5 Å². The van der Waals surface area contributed by atoms with Crippen LogP contribution in [-0.2, 0) is 19.1 Å². The van der Waals surface area contributed by atoms with Crippen molar-refractivity contribution in [2.75, 3.05) is 24.8 Å². The maximum absolute atomic E-state index is 12.4. The average molecular weight is 525 g/mol. The lowest BCUT2D eigenvalue weighted by Crippen LogP contribution is -2.31. The van der Waals surface area contributed by atoms with Gasteiger partial charge in [-0.05, 0) is 67.5 Å². The fourth-order valence-electron chi connectivity index (χ4n) is 4.81. The van der Waals surface area contributed by atoms with E-state index in [9.17, 15) is 9.59 Å². The Morgan fingerprint density at radius 1 is 0.865 bits per heavy atom. The minimum Gasteiger partial charge on any atom is -0.428 e. The van der Waals surface area contributed by atoms with Crippen molar-refractivity contribution in [3.63, 3.8) is 0 Å². The molecule has 1 saturated carbocycles. The van der Waals surface area contributed by atoms with E-state index in [4.69, 9.17) is 21.1 Å². The Kier molecular flexibility index (Phi) is 9.73. The third-order valence-corrected chi connectivity index (χ3v) is 7.86. The molecule has 0 amide bonds. The minimum atomic E-state index is -0.783. The molecule has 0 bridgehead atoms. The summed E-state index contributed by atoms with van der Waals surface area (Å²) in [6.45, 7) is 1.78. The molecule has 8 nitrogen and oxygen atoms in total. The number of nitrogens with zero attached hydrogens (tertiary/aromatic N) is 1. The van der Waals surface area contributed by atoms with E-state index in [1.807, 2.05) is 24.3 Å². The second-order valence-electron chi connectivity index (χ2n) is 9.45. The summed E-state index contributed by atoms with van der Waals surface area (Å²) in [5, 5.41) is 0.157. The molecule has 0 spiro atoms. The van der Waals surface area contributed by atoms with Crippen LogP contribution in [0.3, 0.4) is 0 Å². The van der Waals surface area contributed by atoms with Gasteiger partial charge in [-0.25, -0.2) is 4.79 Å². The van der Waals surface area contributed by atoms with E-state index in [2.05, 4.69) is 34.6 Å². The summed E-state index contributed by atoms with van der Waals surface area (Å²) in [4.78, 5) is 27.8. The van der Waals surface area contributed by atoms with E-state index in [0.29, 0.717) is 0 Å². The highest BCUT2D eigenvalue weighted by atomic mass is 32.2. The molecular formula is C28H36N4O4S. The number of carbonyl (C=O) groups is 2. The van der Waals surface area contributed by atoms with E-state index in [0.717, 1.165) is 61.2 Å². The maximum Gasteiger partial charge on any atom is 0.361 e. The van der Waals surface area contributed by atoms with Gasteiger partial charge in [-0.1, -0.05) is 55.3 Å². The molecule has 1 heterocycles. The van der Waals surface area contributed by atoms with Crippen LogP contribution in [0.5, 0.6) is 0 Å². The van der Waals surface area contributed by atoms with Crippen molar-refractivity contribution in [3.8, 4) is 11.1 Å². The first-order valence-electron chi connectivity index (χ1n) is 13.0. The lowest BCUT2D eigenvalue weighted by atomic mass is 9.89. The van der Waals surface area contributed by atoms with E-state index in [1.54, 1.807) is 0 Å². The number of benzene rings is 2. The Morgan fingerprint density at radius 3 is 2.08 bits per heavy atom. The second kappa shape index (κ2) is 13.4. The average Bonchev–Trinajstić information content (AvgIpc) is 2.95. The lowest BCUT2D eigenvalue weighted by Gasteiger charge is -2.28. The topological polar surface area (TPSA) is 120 Å². The van der Waals surface area contributed by atoms with Crippen LogP contribution in [-0.4, -0.2) is 31.8 Å².